The first-order chi connectivity index (χ1) is 14.6. The molecule has 0 unspecified atom stereocenters. The van der Waals surface area contributed by atoms with Gasteiger partial charge in [0.2, 0.25) is 0 Å². The fourth-order valence-electron chi connectivity index (χ4n) is 2.71. The molecule has 0 saturated carbocycles. The summed E-state index contributed by atoms with van der Waals surface area (Å²) in [5, 5.41) is 0. The van der Waals surface area contributed by atoms with E-state index in [1.54, 1.807) is 0 Å². The number of ether oxygens (including phenoxy) is 2. The van der Waals surface area contributed by atoms with Crippen LogP contribution < -0.4 is 0 Å². The highest BCUT2D eigenvalue weighted by atomic mass is 16.5. The molecule has 0 bridgehead atoms. The number of rotatable bonds is 6. The molecular formula is C27H40O4. The summed E-state index contributed by atoms with van der Waals surface area (Å²) >= 11 is 0. The highest BCUT2D eigenvalue weighted by Crippen LogP contribution is 2.31. The van der Waals surface area contributed by atoms with Crippen molar-refractivity contribution < 1.29 is 19.1 Å². The van der Waals surface area contributed by atoms with Crippen LogP contribution in [0.5, 0.6) is 0 Å². The number of carbonyl (C=O) groups is 2. The number of esters is 2. The molecule has 0 heterocycles. The average molecular weight is 429 g/mol. The Bertz CT molecular complexity index is 665. The number of carbonyl (C=O) groups excluding carboxylic acids is 2. The summed E-state index contributed by atoms with van der Waals surface area (Å²) in [5.41, 5.74) is 0.352. The lowest BCUT2D eigenvalue weighted by molar-refractivity contribution is -0.169. The Morgan fingerprint density at radius 2 is 0.903 bits per heavy atom. The molecule has 4 nitrogen and oxygen atoms in total. The maximum atomic E-state index is 12.5. The third-order valence-electron chi connectivity index (χ3n) is 3.85. The van der Waals surface area contributed by atoms with Gasteiger partial charge in [-0.15, -0.1) is 0 Å². The fourth-order valence-corrected chi connectivity index (χ4v) is 2.71. The zero-order chi connectivity index (χ0) is 23.9. The molecule has 0 aliphatic carbocycles. The molecule has 2 rings (SSSR count). The summed E-state index contributed by atoms with van der Waals surface area (Å²) in [6, 6.07) is 18.8. The second-order valence-corrected chi connectivity index (χ2v) is 8.85. The average Bonchev–Trinajstić information content (AvgIpc) is 2.72. The minimum absolute atomic E-state index is 0.224. The van der Waals surface area contributed by atoms with Crippen molar-refractivity contribution in [1.82, 2.24) is 0 Å². The molecular weight excluding hydrogens is 388 g/mol. The van der Waals surface area contributed by atoms with Gasteiger partial charge >= 0.3 is 11.9 Å². The van der Waals surface area contributed by atoms with Crippen molar-refractivity contribution in [3.05, 3.63) is 71.8 Å². The Morgan fingerprint density at radius 3 is 1.13 bits per heavy atom. The van der Waals surface area contributed by atoms with Crippen molar-refractivity contribution in [2.45, 2.75) is 54.4 Å². The van der Waals surface area contributed by atoms with Crippen LogP contribution in [0.4, 0.5) is 0 Å². The minimum Gasteiger partial charge on any atom is -0.468 e. The topological polar surface area (TPSA) is 52.6 Å². The first kappa shape index (κ1) is 28.4. The Kier molecular flexibility index (Phi) is 13.9. The molecule has 0 radical (unpaired) electrons. The monoisotopic (exact) mass is 428 g/mol. The number of hydrogen-bond donors (Lipinski definition) is 0. The molecule has 172 valence electrons. The third-order valence-corrected chi connectivity index (χ3v) is 3.85. The van der Waals surface area contributed by atoms with Crippen LogP contribution in [0.15, 0.2) is 60.7 Å². The SMILES string of the molecule is CC(C)C.CC(C)C.COC(=O)C(Cc1ccccc1)(Cc1ccccc1)C(=O)OC. The van der Waals surface area contributed by atoms with Crippen LogP contribution >= 0.6 is 0 Å². The second kappa shape index (κ2) is 15.2. The van der Waals surface area contributed by atoms with E-state index in [1.165, 1.54) is 14.2 Å². The van der Waals surface area contributed by atoms with Gasteiger partial charge in [0.15, 0.2) is 5.41 Å². The lowest BCUT2D eigenvalue weighted by atomic mass is 9.76. The maximum Gasteiger partial charge on any atom is 0.323 e. The third kappa shape index (κ3) is 11.4. The maximum absolute atomic E-state index is 12.5. The standard InChI is InChI=1S/C19H20O4.2C4H10/c1-22-17(20)19(18(21)23-2,13-15-9-5-3-6-10-15)14-16-11-7-4-8-12-16;2*1-4(2)3/h3-12H,13-14H2,1-2H3;2*4H,1-3H3. The van der Waals surface area contributed by atoms with E-state index in [9.17, 15) is 9.59 Å². The van der Waals surface area contributed by atoms with Gasteiger partial charge in [-0.3, -0.25) is 9.59 Å². The van der Waals surface area contributed by atoms with Crippen molar-refractivity contribution in [2.24, 2.45) is 17.3 Å². The largest absolute Gasteiger partial charge is 0.468 e. The smallest absolute Gasteiger partial charge is 0.323 e. The van der Waals surface area contributed by atoms with E-state index in [2.05, 4.69) is 41.5 Å². The first-order valence-electron chi connectivity index (χ1n) is 10.8. The molecule has 0 aliphatic rings. The molecule has 31 heavy (non-hydrogen) atoms. The second-order valence-electron chi connectivity index (χ2n) is 8.85. The molecule has 2 aromatic carbocycles. The Morgan fingerprint density at radius 1 is 0.645 bits per heavy atom. The summed E-state index contributed by atoms with van der Waals surface area (Å²) in [6.07, 6.45) is 0.449. The van der Waals surface area contributed by atoms with Crippen LogP contribution in [0.2, 0.25) is 0 Å². The van der Waals surface area contributed by atoms with E-state index in [0.717, 1.165) is 23.0 Å². The van der Waals surface area contributed by atoms with Gasteiger partial charge in [0.25, 0.3) is 0 Å². The molecule has 0 aromatic heterocycles. The van der Waals surface area contributed by atoms with Gasteiger partial charge < -0.3 is 9.47 Å². The van der Waals surface area contributed by atoms with Gasteiger partial charge in [-0.1, -0.05) is 102 Å². The highest BCUT2D eigenvalue weighted by molar-refractivity contribution is 6.00. The molecule has 0 fully saturated rings. The quantitative estimate of drug-likeness (QED) is 0.410. The summed E-state index contributed by atoms with van der Waals surface area (Å²) in [7, 11) is 2.58. The Balaban J connectivity index is 0.000000967. The number of methoxy groups -OCH3 is 2. The minimum atomic E-state index is -1.40. The van der Waals surface area contributed by atoms with Gasteiger partial charge in [-0.2, -0.15) is 0 Å². The van der Waals surface area contributed by atoms with Gasteiger partial charge in [-0.25, -0.2) is 0 Å². The van der Waals surface area contributed by atoms with E-state index in [0.29, 0.717) is 0 Å². The van der Waals surface area contributed by atoms with Crippen molar-refractivity contribution in [3.63, 3.8) is 0 Å². The zero-order valence-corrected chi connectivity index (χ0v) is 20.5. The van der Waals surface area contributed by atoms with Gasteiger partial charge in [-0.05, 0) is 35.8 Å². The molecule has 0 N–H and O–H groups in total. The molecule has 2 aromatic rings. The van der Waals surface area contributed by atoms with Crippen LogP contribution in [-0.4, -0.2) is 26.2 Å². The van der Waals surface area contributed by atoms with E-state index in [4.69, 9.17) is 9.47 Å². The fraction of sp³-hybridized carbons (Fsp3) is 0.481. The van der Waals surface area contributed by atoms with Crippen LogP contribution in [0.1, 0.15) is 52.7 Å². The van der Waals surface area contributed by atoms with E-state index >= 15 is 0 Å². The molecule has 4 heteroatoms. The lowest BCUT2D eigenvalue weighted by Gasteiger charge is -2.28. The summed E-state index contributed by atoms with van der Waals surface area (Å²) in [6.45, 7) is 13.0. The van der Waals surface area contributed by atoms with Gasteiger partial charge in [0, 0.05) is 0 Å². The molecule has 0 atom stereocenters. The molecule has 0 spiro atoms. The van der Waals surface area contributed by atoms with Crippen LogP contribution in [0, 0.1) is 17.3 Å². The first-order valence-corrected chi connectivity index (χ1v) is 10.8. The predicted octanol–water partition coefficient (Wildman–Crippen LogP) is 6.13. The van der Waals surface area contributed by atoms with Crippen LogP contribution in [0.3, 0.4) is 0 Å². The molecule has 0 amide bonds. The summed E-state index contributed by atoms with van der Waals surface area (Å²) < 4.78 is 9.89. The van der Waals surface area contributed by atoms with Crippen LogP contribution in [-0.2, 0) is 31.9 Å². The van der Waals surface area contributed by atoms with Crippen molar-refractivity contribution in [2.75, 3.05) is 14.2 Å². The van der Waals surface area contributed by atoms with Crippen LogP contribution in [0.25, 0.3) is 0 Å². The number of benzene rings is 2. The normalized spacial score (nSPS) is 10.4. The summed E-state index contributed by atoms with van der Waals surface area (Å²) in [5.74, 6) is 0.495. The number of hydrogen-bond acceptors (Lipinski definition) is 4. The molecule has 0 saturated heterocycles. The zero-order valence-electron chi connectivity index (χ0n) is 20.5. The van der Waals surface area contributed by atoms with E-state index in [1.807, 2.05) is 60.7 Å². The van der Waals surface area contributed by atoms with Crippen molar-refractivity contribution in [1.29, 1.82) is 0 Å². The van der Waals surface area contributed by atoms with Crippen molar-refractivity contribution in [3.8, 4) is 0 Å². The van der Waals surface area contributed by atoms with Gasteiger partial charge in [0.05, 0.1) is 14.2 Å². The van der Waals surface area contributed by atoms with E-state index in [-0.39, 0.29) is 12.8 Å². The summed E-state index contributed by atoms with van der Waals surface area (Å²) in [4.78, 5) is 25.0. The Hall–Kier alpha value is -2.62. The predicted molar refractivity (Wildman–Crippen MR) is 128 cm³/mol. The molecule has 0 aliphatic heterocycles. The van der Waals surface area contributed by atoms with E-state index < -0.39 is 17.4 Å². The van der Waals surface area contributed by atoms with Gasteiger partial charge in [0.1, 0.15) is 0 Å². The highest BCUT2D eigenvalue weighted by Gasteiger charge is 2.48. The lowest BCUT2D eigenvalue weighted by Crippen LogP contribution is -2.45. The Labute approximate surface area is 189 Å². The van der Waals surface area contributed by atoms with Crippen molar-refractivity contribution >= 4 is 11.9 Å².